The van der Waals surface area contributed by atoms with Crippen LogP contribution in [0.4, 0.5) is 0 Å². The normalized spacial score (nSPS) is 13.0. The van der Waals surface area contributed by atoms with E-state index in [1.54, 1.807) is 10.9 Å². The van der Waals surface area contributed by atoms with Crippen molar-refractivity contribution in [2.45, 2.75) is 46.7 Å². The molecule has 0 aliphatic carbocycles. The number of aryl methyl sites for hydroxylation is 1. The molecule has 1 atom stereocenters. The van der Waals surface area contributed by atoms with Crippen molar-refractivity contribution in [2.75, 3.05) is 13.7 Å². The van der Waals surface area contributed by atoms with E-state index in [0.29, 0.717) is 30.7 Å². The van der Waals surface area contributed by atoms with Gasteiger partial charge in [0.25, 0.3) is 0 Å². The van der Waals surface area contributed by atoms with Crippen molar-refractivity contribution in [3.63, 3.8) is 0 Å². The average Bonchev–Trinajstić information content (AvgIpc) is 2.70. The van der Waals surface area contributed by atoms with Crippen LogP contribution in [-0.4, -0.2) is 40.3 Å². The van der Waals surface area contributed by atoms with E-state index in [4.69, 9.17) is 4.74 Å². The molecule has 0 aliphatic rings. The van der Waals surface area contributed by atoms with Crippen LogP contribution in [0.15, 0.2) is 6.20 Å². The highest BCUT2D eigenvalue weighted by molar-refractivity contribution is 5.90. The molecule has 20 heavy (non-hydrogen) atoms. The highest BCUT2D eigenvalue weighted by Crippen LogP contribution is 2.16. The van der Waals surface area contributed by atoms with Crippen LogP contribution in [0.1, 0.15) is 50.2 Å². The van der Waals surface area contributed by atoms with E-state index in [0.717, 1.165) is 12.1 Å². The highest BCUT2D eigenvalue weighted by atomic mass is 16.5. The second kappa shape index (κ2) is 7.43. The lowest BCUT2D eigenvalue weighted by atomic mass is 10.0. The van der Waals surface area contributed by atoms with Gasteiger partial charge in [0.15, 0.2) is 0 Å². The summed E-state index contributed by atoms with van der Waals surface area (Å²) in [5.74, 6) is 0.365. The maximum Gasteiger partial charge on any atom is 0.341 e. The van der Waals surface area contributed by atoms with Crippen molar-refractivity contribution in [3.8, 4) is 0 Å². The molecule has 5 nitrogen and oxygen atoms in total. The molecule has 1 aromatic heterocycles. The lowest BCUT2D eigenvalue weighted by molar-refractivity contribution is 0.0523. The van der Waals surface area contributed by atoms with E-state index in [-0.39, 0.29) is 5.97 Å². The van der Waals surface area contributed by atoms with Crippen LogP contribution in [0.3, 0.4) is 0 Å². The zero-order chi connectivity index (χ0) is 15.3. The van der Waals surface area contributed by atoms with E-state index in [1.165, 1.54) is 0 Å². The van der Waals surface area contributed by atoms with Crippen LogP contribution in [0, 0.1) is 5.92 Å². The summed E-state index contributed by atoms with van der Waals surface area (Å²) < 4.78 is 6.83. The van der Waals surface area contributed by atoms with E-state index in [9.17, 15) is 4.79 Å². The molecule has 1 unspecified atom stereocenters. The molecule has 5 heteroatoms. The van der Waals surface area contributed by atoms with Crippen LogP contribution in [0.25, 0.3) is 0 Å². The van der Waals surface area contributed by atoms with Crippen LogP contribution >= 0.6 is 0 Å². The van der Waals surface area contributed by atoms with E-state index < -0.39 is 0 Å². The molecule has 0 saturated carbocycles. The van der Waals surface area contributed by atoms with Crippen molar-refractivity contribution in [3.05, 3.63) is 17.5 Å². The Kier molecular flexibility index (Phi) is 6.20. The molecule has 0 bridgehead atoms. The lowest BCUT2D eigenvalue weighted by Crippen LogP contribution is -2.31. The molecule has 0 aromatic carbocycles. The highest BCUT2D eigenvalue weighted by Gasteiger charge is 2.20. The largest absolute Gasteiger partial charge is 0.462 e. The van der Waals surface area contributed by atoms with Crippen LogP contribution in [0.5, 0.6) is 0 Å². The fraction of sp³-hybridized carbons (Fsp3) is 0.733. The molecule has 0 N–H and O–H groups in total. The molecule has 1 heterocycles. The maximum atomic E-state index is 11.9. The lowest BCUT2D eigenvalue weighted by Gasteiger charge is -2.26. The minimum absolute atomic E-state index is 0.291. The van der Waals surface area contributed by atoms with Crippen LogP contribution in [-0.2, 0) is 18.3 Å². The molecule has 0 spiro atoms. The molecular weight excluding hydrogens is 254 g/mol. The second-order valence-electron chi connectivity index (χ2n) is 5.74. The van der Waals surface area contributed by atoms with Crippen molar-refractivity contribution in [1.29, 1.82) is 0 Å². The third-order valence-corrected chi connectivity index (χ3v) is 3.52. The standard InChI is InChI=1S/C15H27N3O2/c1-7-20-15(19)13-9-16-18(6)14(13)10-17(5)12(4)8-11(2)3/h9,11-12H,7-8,10H2,1-6H3. The Balaban J connectivity index is 2.81. The summed E-state index contributed by atoms with van der Waals surface area (Å²) in [7, 11) is 3.94. The Hall–Kier alpha value is -1.36. The van der Waals surface area contributed by atoms with Crippen LogP contribution < -0.4 is 0 Å². The number of aromatic nitrogens is 2. The third-order valence-electron chi connectivity index (χ3n) is 3.52. The van der Waals surface area contributed by atoms with Crippen molar-refractivity contribution in [2.24, 2.45) is 13.0 Å². The molecule has 1 aromatic rings. The predicted molar refractivity (Wildman–Crippen MR) is 79.5 cm³/mol. The molecule has 0 radical (unpaired) electrons. The smallest absolute Gasteiger partial charge is 0.341 e. The van der Waals surface area contributed by atoms with Gasteiger partial charge >= 0.3 is 5.97 Å². The first kappa shape index (κ1) is 16.7. The SMILES string of the molecule is CCOC(=O)c1cnn(C)c1CN(C)C(C)CC(C)C. The topological polar surface area (TPSA) is 47.4 Å². The fourth-order valence-corrected chi connectivity index (χ4v) is 2.28. The minimum atomic E-state index is -0.291. The van der Waals surface area contributed by atoms with Gasteiger partial charge in [0.05, 0.1) is 18.5 Å². The van der Waals surface area contributed by atoms with Crippen LogP contribution in [0.2, 0.25) is 0 Å². The molecule has 1 rings (SSSR count). The Bertz CT molecular complexity index is 440. The number of nitrogens with zero attached hydrogens (tertiary/aromatic N) is 3. The zero-order valence-corrected chi connectivity index (χ0v) is 13.5. The van der Waals surface area contributed by atoms with Gasteiger partial charge in [-0.2, -0.15) is 5.10 Å². The maximum absolute atomic E-state index is 11.9. The van der Waals surface area contributed by atoms with E-state index >= 15 is 0 Å². The first-order chi connectivity index (χ1) is 9.36. The van der Waals surface area contributed by atoms with Gasteiger partial charge in [0.1, 0.15) is 5.56 Å². The van der Waals surface area contributed by atoms with Gasteiger partial charge in [-0.3, -0.25) is 9.58 Å². The molecule has 0 saturated heterocycles. The Labute approximate surface area is 121 Å². The van der Waals surface area contributed by atoms with E-state index in [2.05, 4.69) is 37.8 Å². The fourth-order valence-electron chi connectivity index (χ4n) is 2.28. The van der Waals surface area contributed by atoms with Gasteiger partial charge < -0.3 is 4.74 Å². The van der Waals surface area contributed by atoms with Gasteiger partial charge in [-0.15, -0.1) is 0 Å². The number of carbonyl (C=O) groups is 1. The number of hydrogen-bond donors (Lipinski definition) is 0. The summed E-state index contributed by atoms with van der Waals surface area (Å²) in [5, 5.41) is 4.18. The van der Waals surface area contributed by atoms with Gasteiger partial charge in [-0.25, -0.2) is 4.79 Å². The van der Waals surface area contributed by atoms with Gasteiger partial charge in [0.2, 0.25) is 0 Å². The quantitative estimate of drug-likeness (QED) is 0.720. The molecule has 0 amide bonds. The molecule has 0 fully saturated rings. The predicted octanol–water partition coefficient (Wildman–Crippen LogP) is 2.46. The molecule has 114 valence electrons. The van der Waals surface area contributed by atoms with Gasteiger partial charge in [-0.05, 0) is 33.2 Å². The Morgan fingerprint density at radius 2 is 2.10 bits per heavy atom. The van der Waals surface area contributed by atoms with Crippen molar-refractivity contribution >= 4 is 5.97 Å². The minimum Gasteiger partial charge on any atom is -0.462 e. The summed E-state index contributed by atoms with van der Waals surface area (Å²) in [5.41, 5.74) is 1.47. The summed E-state index contributed by atoms with van der Waals surface area (Å²) in [6, 6.07) is 0.458. The number of ether oxygens (including phenoxy) is 1. The monoisotopic (exact) mass is 281 g/mol. The first-order valence-electron chi connectivity index (χ1n) is 7.25. The van der Waals surface area contributed by atoms with Crippen molar-refractivity contribution in [1.82, 2.24) is 14.7 Å². The summed E-state index contributed by atoms with van der Waals surface area (Å²) in [4.78, 5) is 14.2. The number of rotatable bonds is 7. The van der Waals surface area contributed by atoms with Gasteiger partial charge in [0, 0.05) is 19.6 Å². The Morgan fingerprint density at radius 3 is 2.65 bits per heavy atom. The first-order valence-corrected chi connectivity index (χ1v) is 7.25. The molecular formula is C15H27N3O2. The van der Waals surface area contributed by atoms with Gasteiger partial charge in [-0.1, -0.05) is 13.8 Å². The van der Waals surface area contributed by atoms with E-state index in [1.807, 2.05) is 14.0 Å². The average molecular weight is 281 g/mol. The molecule has 0 aliphatic heterocycles. The summed E-state index contributed by atoms with van der Waals surface area (Å²) in [6.45, 7) is 9.54. The number of esters is 1. The van der Waals surface area contributed by atoms with Crippen molar-refractivity contribution < 1.29 is 9.53 Å². The Morgan fingerprint density at radius 1 is 1.45 bits per heavy atom. The summed E-state index contributed by atoms with van der Waals surface area (Å²) in [6.07, 6.45) is 2.72. The number of carbonyl (C=O) groups excluding carboxylic acids is 1. The zero-order valence-electron chi connectivity index (χ0n) is 13.5. The second-order valence-corrected chi connectivity index (χ2v) is 5.74. The summed E-state index contributed by atoms with van der Waals surface area (Å²) >= 11 is 0. The third kappa shape index (κ3) is 4.34. The number of hydrogen-bond acceptors (Lipinski definition) is 4.